The molecular formula is C16H14N2O4S3. The average molecular weight is 394 g/mol. The lowest BCUT2D eigenvalue weighted by atomic mass is 10.1. The maximum atomic E-state index is 12.2. The Hall–Kier alpha value is -2.36. The van der Waals surface area contributed by atoms with Crippen molar-refractivity contribution in [1.82, 2.24) is 5.32 Å². The standard InChI is InChI=1S/C16H14N2O4S3/c19-14-9-11(18-25(21,22)15-4-2-8-24-15)5-6-13(14)16(20)17-10-12-3-1-7-23-12/h1-9,18-19H,10H2,(H,17,20). The number of amides is 1. The van der Waals surface area contributed by atoms with Crippen molar-refractivity contribution in [3.8, 4) is 5.75 Å². The Balaban J connectivity index is 1.71. The van der Waals surface area contributed by atoms with Crippen LogP contribution in [0.3, 0.4) is 0 Å². The lowest BCUT2D eigenvalue weighted by Gasteiger charge is -2.10. The molecule has 2 aromatic heterocycles. The van der Waals surface area contributed by atoms with Crippen molar-refractivity contribution in [2.24, 2.45) is 0 Å². The summed E-state index contributed by atoms with van der Waals surface area (Å²) in [4.78, 5) is 13.1. The number of phenols is 1. The van der Waals surface area contributed by atoms with Crippen molar-refractivity contribution in [2.75, 3.05) is 4.72 Å². The number of hydrogen-bond acceptors (Lipinski definition) is 6. The molecule has 0 saturated carbocycles. The number of carbonyl (C=O) groups excluding carboxylic acids is 1. The molecular weight excluding hydrogens is 380 g/mol. The molecule has 9 heteroatoms. The van der Waals surface area contributed by atoms with Crippen LogP contribution in [0.5, 0.6) is 5.75 Å². The molecule has 0 fully saturated rings. The SMILES string of the molecule is O=C(NCc1cccs1)c1ccc(NS(=O)(=O)c2cccs2)cc1O. The molecule has 25 heavy (non-hydrogen) atoms. The quantitative estimate of drug-likeness (QED) is 0.598. The van der Waals surface area contributed by atoms with Gasteiger partial charge in [-0.1, -0.05) is 12.1 Å². The van der Waals surface area contributed by atoms with Gasteiger partial charge in [0.25, 0.3) is 15.9 Å². The molecule has 0 bridgehead atoms. The van der Waals surface area contributed by atoms with E-state index in [0.29, 0.717) is 6.54 Å². The maximum absolute atomic E-state index is 12.2. The van der Waals surface area contributed by atoms with Crippen LogP contribution in [0.1, 0.15) is 15.2 Å². The Morgan fingerprint density at radius 2 is 1.84 bits per heavy atom. The highest BCUT2D eigenvalue weighted by Crippen LogP contribution is 2.25. The molecule has 0 aliphatic rings. The van der Waals surface area contributed by atoms with Crippen molar-refractivity contribution in [2.45, 2.75) is 10.8 Å². The predicted octanol–water partition coefficient (Wildman–Crippen LogP) is 3.25. The van der Waals surface area contributed by atoms with Gasteiger partial charge in [0.1, 0.15) is 9.96 Å². The summed E-state index contributed by atoms with van der Waals surface area (Å²) in [6, 6.07) is 10.9. The van der Waals surface area contributed by atoms with Gasteiger partial charge in [-0.25, -0.2) is 8.42 Å². The van der Waals surface area contributed by atoms with Crippen molar-refractivity contribution >= 4 is 44.3 Å². The topological polar surface area (TPSA) is 95.5 Å². The van der Waals surface area contributed by atoms with Crippen molar-refractivity contribution in [3.63, 3.8) is 0 Å². The van der Waals surface area contributed by atoms with Crippen LogP contribution in [0.2, 0.25) is 0 Å². The summed E-state index contributed by atoms with van der Waals surface area (Å²) in [5, 5.41) is 16.3. The van der Waals surface area contributed by atoms with Crippen LogP contribution in [-0.4, -0.2) is 19.4 Å². The number of carbonyl (C=O) groups is 1. The average Bonchev–Trinajstić information content (AvgIpc) is 3.26. The van der Waals surface area contributed by atoms with Gasteiger partial charge >= 0.3 is 0 Å². The molecule has 0 aliphatic heterocycles. The summed E-state index contributed by atoms with van der Waals surface area (Å²) in [6.07, 6.45) is 0. The van der Waals surface area contributed by atoms with E-state index >= 15 is 0 Å². The molecule has 130 valence electrons. The third-order valence-electron chi connectivity index (χ3n) is 3.26. The molecule has 3 N–H and O–H groups in total. The molecule has 0 saturated heterocycles. The van der Waals surface area contributed by atoms with Gasteiger partial charge in [0.05, 0.1) is 17.8 Å². The summed E-state index contributed by atoms with van der Waals surface area (Å²) in [5.41, 5.74) is 0.260. The second-order valence-corrected chi connectivity index (χ2v) is 8.92. The molecule has 0 unspecified atom stereocenters. The third-order valence-corrected chi connectivity index (χ3v) is 6.91. The van der Waals surface area contributed by atoms with Crippen LogP contribution < -0.4 is 10.0 Å². The van der Waals surface area contributed by atoms with E-state index < -0.39 is 15.9 Å². The minimum atomic E-state index is -3.70. The highest BCUT2D eigenvalue weighted by Gasteiger charge is 2.17. The number of thiophene rings is 2. The van der Waals surface area contributed by atoms with Gasteiger partial charge < -0.3 is 10.4 Å². The normalized spacial score (nSPS) is 11.2. The zero-order chi connectivity index (χ0) is 17.9. The van der Waals surface area contributed by atoms with E-state index in [9.17, 15) is 18.3 Å². The van der Waals surface area contributed by atoms with Crippen LogP contribution in [0.15, 0.2) is 57.4 Å². The molecule has 0 atom stereocenters. The number of benzene rings is 1. The van der Waals surface area contributed by atoms with Crippen molar-refractivity contribution in [3.05, 3.63) is 63.7 Å². The van der Waals surface area contributed by atoms with Crippen LogP contribution in [0.4, 0.5) is 5.69 Å². The molecule has 1 aromatic carbocycles. The lowest BCUT2D eigenvalue weighted by molar-refractivity contribution is 0.0948. The van der Waals surface area contributed by atoms with Crippen LogP contribution >= 0.6 is 22.7 Å². The smallest absolute Gasteiger partial charge is 0.271 e. The fourth-order valence-electron chi connectivity index (χ4n) is 2.08. The Morgan fingerprint density at radius 1 is 1.08 bits per heavy atom. The minimum absolute atomic E-state index is 0.0793. The summed E-state index contributed by atoms with van der Waals surface area (Å²) in [6.45, 7) is 0.364. The van der Waals surface area contributed by atoms with Crippen molar-refractivity contribution in [1.29, 1.82) is 0 Å². The first-order valence-corrected chi connectivity index (χ1v) is 10.4. The van der Waals surface area contributed by atoms with Crippen molar-refractivity contribution < 1.29 is 18.3 Å². The molecule has 3 rings (SSSR count). The predicted molar refractivity (Wildman–Crippen MR) is 98.7 cm³/mol. The number of rotatable bonds is 6. The van der Waals surface area contributed by atoms with E-state index in [2.05, 4.69) is 10.0 Å². The third kappa shape index (κ3) is 4.19. The second-order valence-electron chi connectivity index (χ2n) is 5.03. The first kappa shape index (κ1) is 17.5. The fraction of sp³-hybridized carbons (Fsp3) is 0.0625. The molecule has 0 aliphatic carbocycles. The van der Waals surface area contributed by atoms with Gasteiger partial charge in [0, 0.05) is 10.9 Å². The van der Waals surface area contributed by atoms with Crippen LogP contribution in [-0.2, 0) is 16.6 Å². The van der Waals surface area contributed by atoms with Gasteiger partial charge in [-0.2, -0.15) is 0 Å². The van der Waals surface area contributed by atoms with Gasteiger partial charge in [-0.3, -0.25) is 9.52 Å². The fourth-order valence-corrected chi connectivity index (χ4v) is 4.77. The van der Waals surface area contributed by atoms with Gasteiger partial charge in [0.15, 0.2) is 0 Å². The molecule has 0 radical (unpaired) electrons. The summed E-state index contributed by atoms with van der Waals surface area (Å²) in [7, 11) is -3.70. The number of hydrogen-bond donors (Lipinski definition) is 3. The Bertz CT molecular complexity index is 965. The largest absolute Gasteiger partial charge is 0.507 e. The van der Waals surface area contributed by atoms with E-state index in [0.717, 1.165) is 16.2 Å². The first-order chi connectivity index (χ1) is 12.0. The number of anilines is 1. The minimum Gasteiger partial charge on any atom is -0.507 e. The highest BCUT2D eigenvalue weighted by molar-refractivity contribution is 7.94. The second kappa shape index (κ2) is 7.26. The van der Waals surface area contributed by atoms with E-state index in [1.807, 2.05) is 17.5 Å². The summed E-state index contributed by atoms with van der Waals surface area (Å²) >= 11 is 2.61. The lowest BCUT2D eigenvalue weighted by Crippen LogP contribution is -2.22. The molecule has 1 amide bonds. The molecule has 0 spiro atoms. The molecule has 6 nitrogen and oxygen atoms in total. The van der Waals surface area contributed by atoms with Gasteiger partial charge in [0.2, 0.25) is 0 Å². The number of nitrogens with one attached hydrogen (secondary N) is 2. The van der Waals surface area contributed by atoms with Crippen LogP contribution in [0, 0.1) is 0 Å². The number of aromatic hydroxyl groups is 1. The monoisotopic (exact) mass is 394 g/mol. The number of sulfonamides is 1. The maximum Gasteiger partial charge on any atom is 0.271 e. The Labute approximate surface area is 152 Å². The van der Waals surface area contributed by atoms with E-state index in [1.54, 1.807) is 11.4 Å². The summed E-state index contributed by atoms with van der Waals surface area (Å²) in [5.74, 6) is -0.728. The highest BCUT2D eigenvalue weighted by atomic mass is 32.2. The van der Waals surface area contributed by atoms with E-state index in [1.165, 1.54) is 35.6 Å². The molecule has 3 aromatic rings. The summed E-state index contributed by atoms with van der Waals surface area (Å²) < 4.78 is 26.9. The van der Waals surface area contributed by atoms with E-state index in [-0.39, 0.29) is 21.2 Å². The van der Waals surface area contributed by atoms with Gasteiger partial charge in [-0.15, -0.1) is 22.7 Å². The first-order valence-electron chi connectivity index (χ1n) is 7.15. The Morgan fingerprint density at radius 3 is 2.48 bits per heavy atom. The van der Waals surface area contributed by atoms with Crippen LogP contribution in [0.25, 0.3) is 0 Å². The number of phenolic OH excluding ortho intramolecular Hbond substituents is 1. The zero-order valence-electron chi connectivity index (χ0n) is 12.8. The Kier molecular flexibility index (Phi) is 5.07. The zero-order valence-corrected chi connectivity index (χ0v) is 15.2. The van der Waals surface area contributed by atoms with E-state index in [4.69, 9.17) is 0 Å². The molecule has 2 heterocycles. The van der Waals surface area contributed by atoms with Gasteiger partial charge in [-0.05, 0) is 35.0 Å².